The van der Waals surface area contributed by atoms with Crippen molar-refractivity contribution in [3.63, 3.8) is 0 Å². The fraction of sp³-hybridized carbons (Fsp3) is 0.533. The van der Waals surface area contributed by atoms with Gasteiger partial charge in [-0.1, -0.05) is 30.3 Å². The Kier molecular flexibility index (Phi) is 4.93. The largest absolute Gasteiger partial charge is 0.481 e. The predicted octanol–water partition coefficient (Wildman–Crippen LogP) is 2.69. The van der Waals surface area contributed by atoms with Gasteiger partial charge in [0.15, 0.2) is 0 Å². The fourth-order valence-corrected chi connectivity index (χ4v) is 2.54. The second-order valence-corrected chi connectivity index (χ2v) is 5.15. The Morgan fingerprint density at radius 2 is 1.89 bits per heavy atom. The van der Waals surface area contributed by atoms with Crippen LogP contribution in [0.15, 0.2) is 30.3 Å². The molecule has 19 heavy (non-hydrogen) atoms. The zero-order valence-electron chi connectivity index (χ0n) is 11.3. The number of carboxylic acid groups (broad SMARTS) is 1. The summed E-state index contributed by atoms with van der Waals surface area (Å²) in [4.78, 5) is 16.6. The van der Waals surface area contributed by atoms with Gasteiger partial charge >= 0.3 is 5.97 Å². The van der Waals surface area contributed by atoms with Crippen molar-refractivity contribution >= 4 is 5.97 Å². The number of benzene rings is 1. The molecule has 1 fully saturated rings. The van der Waals surface area contributed by atoms with Crippen molar-refractivity contribution in [3.05, 3.63) is 35.9 Å². The van der Waals surface area contributed by atoms with Gasteiger partial charge in [-0.2, -0.15) is 5.06 Å². The Labute approximate surface area is 113 Å². The number of carboxylic acids is 1. The lowest BCUT2D eigenvalue weighted by atomic mass is 9.86. The SMILES string of the molecule is CN(OCc1ccccc1)C1CCC(C(=O)O)CC1. The highest BCUT2D eigenvalue weighted by atomic mass is 16.7. The zero-order valence-corrected chi connectivity index (χ0v) is 11.3. The van der Waals surface area contributed by atoms with E-state index in [-0.39, 0.29) is 5.92 Å². The summed E-state index contributed by atoms with van der Waals surface area (Å²) in [5, 5.41) is 10.9. The molecule has 1 saturated carbocycles. The maximum absolute atomic E-state index is 10.9. The van der Waals surface area contributed by atoms with E-state index in [0.29, 0.717) is 12.6 Å². The van der Waals surface area contributed by atoms with Gasteiger partial charge in [0.2, 0.25) is 0 Å². The Hall–Kier alpha value is -1.39. The van der Waals surface area contributed by atoms with Crippen molar-refractivity contribution in [1.29, 1.82) is 0 Å². The molecule has 0 saturated heterocycles. The van der Waals surface area contributed by atoms with E-state index in [1.165, 1.54) is 0 Å². The molecule has 0 heterocycles. The van der Waals surface area contributed by atoms with Crippen molar-refractivity contribution < 1.29 is 14.7 Å². The van der Waals surface area contributed by atoms with Crippen LogP contribution < -0.4 is 0 Å². The van der Waals surface area contributed by atoms with Crippen LogP contribution >= 0.6 is 0 Å². The minimum atomic E-state index is -0.661. The van der Waals surface area contributed by atoms with Crippen LogP contribution in [0.2, 0.25) is 0 Å². The summed E-state index contributed by atoms with van der Waals surface area (Å²) in [7, 11) is 1.94. The second kappa shape index (κ2) is 6.68. The van der Waals surface area contributed by atoms with Crippen molar-refractivity contribution in [1.82, 2.24) is 5.06 Å². The van der Waals surface area contributed by atoms with E-state index in [1.54, 1.807) is 0 Å². The molecular formula is C15H21NO3. The van der Waals surface area contributed by atoms with Crippen LogP contribution in [-0.2, 0) is 16.2 Å². The van der Waals surface area contributed by atoms with Crippen molar-refractivity contribution in [3.8, 4) is 0 Å². The van der Waals surface area contributed by atoms with E-state index in [2.05, 4.69) is 0 Å². The molecule has 1 aliphatic rings. The van der Waals surface area contributed by atoms with Gasteiger partial charge in [0.1, 0.15) is 0 Å². The molecule has 1 N–H and O–H groups in total. The first kappa shape index (κ1) is 14.0. The smallest absolute Gasteiger partial charge is 0.306 e. The summed E-state index contributed by atoms with van der Waals surface area (Å²) in [6.45, 7) is 0.566. The highest BCUT2D eigenvalue weighted by molar-refractivity contribution is 5.70. The van der Waals surface area contributed by atoms with Crippen molar-refractivity contribution in [2.45, 2.75) is 38.3 Å². The Morgan fingerprint density at radius 3 is 2.47 bits per heavy atom. The lowest BCUT2D eigenvalue weighted by Gasteiger charge is -2.32. The molecule has 104 valence electrons. The molecule has 0 bridgehead atoms. The normalized spacial score (nSPS) is 23.5. The van der Waals surface area contributed by atoms with E-state index >= 15 is 0 Å². The number of hydrogen-bond donors (Lipinski definition) is 1. The van der Waals surface area contributed by atoms with Crippen LogP contribution in [0.4, 0.5) is 0 Å². The first-order valence-electron chi connectivity index (χ1n) is 6.79. The summed E-state index contributed by atoms with van der Waals surface area (Å²) in [5.74, 6) is -0.829. The average molecular weight is 263 g/mol. The van der Waals surface area contributed by atoms with Crippen molar-refractivity contribution in [2.75, 3.05) is 7.05 Å². The van der Waals surface area contributed by atoms with E-state index < -0.39 is 5.97 Å². The van der Waals surface area contributed by atoms with E-state index in [9.17, 15) is 4.79 Å². The van der Waals surface area contributed by atoms with Crippen LogP contribution in [-0.4, -0.2) is 29.2 Å². The molecule has 4 heteroatoms. The fourth-order valence-electron chi connectivity index (χ4n) is 2.54. The molecule has 1 aromatic carbocycles. The summed E-state index contributed by atoms with van der Waals surface area (Å²) in [5.41, 5.74) is 1.15. The molecule has 1 aliphatic carbocycles. The minimum absolute atomic E-state index is 0.168. The third kappa shape index (κ3) is 4.04. The molecule has 0 aromatic heterocycles. The highest BCUT2D eigenvalue weighted by Gasteiger charge is 2.28. The van der Waals surface area contributed by atoms with Crippen LogP contribution in [0.1, 0.15) is 31.2 Å². The summed E-state index contributed by atoms with van der Waals surface area (Å²) >= 11 is 0. The molecule has 1 aromatic rings. The molecule has 0 radical (unpaired) electrons. The molecule has 4 nitrogen and oxygen atoms in total. The third-order valence-corrected chi connectivity index (χ3v) is 3.84. The Morgan fingerprint density at radius 1 is 1.26 bits per heavy atom. The monoisotopic (exact) mass is 263 g/mol. The van der Waals surface area contributed by atoms with Gasteiger partial charge in [-0.05, 0) is 31.2 Å². The molecule has 0 spiro atoms. The maximum atomic E-state index is 10.9. The molecule has 0 unspecified atom stereocenters. The first-order chi connectivity index (χ1) is 9.16. The third-order valence-electron chi connectivity index (χ3n) is 3.84. The number of rotatable bonds is 5. The molecule has 0 amide bonds. The van der Waals surface area contributed by atoms with Gasteiger partial charge in [0, 0.05) is 13.1 Å². The number of hydroxylamine groups is 2. The van der Waals surface area contributed by atoms with Gasteiger partial charge in [-0.3, -0.25) is 9.63 Å². The zero-order chi connectivity index (χ0) is 13.7. The van der Waals surface area contributed by atoms with Crippen LogP contribution in [0.3, 0.4) is 0 Å². The van der Waals surface area contributed by atoms with Gasteiger partial charge in [0.05, 0.1) is 12.5 Å². The van der Waals surface area contributed by atoms with E-state index in [0.717, 1.165) is 31.2 Å². The quantitative estimate of drug-likeness (QED) is 0.830. The summed E-state index contributed by atoms with van der Waals surface area (Å²) in [6, 6.07) is 10.4. The Balaban J connectivity index is 1.75. The topological polar surface area (TPSA) is 49.8 Å². The van der Waals surface area contributed by atoms with Crippen molar-refractivity contribution in [2.24, 2.45) is 5.92 Å². The highest BCUT2D eigenvalue weighted by Crippen LogP contribution is 2.27. The Bertz CT molecular complexity index is 399. The summed E-state index contributed by atoms with van der Waals surface area (Å²) in [6.07, 6.45) is 3.28. The van der Waals surface area contributed by atoms with Crippen LogP contribution in [0.5, 0.6) is 0 Å². The van der Waals surface area contributed by atoms with Gasteiger partial charge < -0.3 is 5.11 Å². The standard InChI is InChI=1S/C15H21NO3/c1-16(19-11-12-5-3-2-4-6-12)14-9-7-13(8-10-14)15(17)18/h2-6,13-14H,7-11H2,1H3,(H,17,18). The van der Waals surface area contributed by atoms with E-state index in [4.69, 9.17) is 9.94 Å². The number of hydrogen-bond acceptors (Lipinski definition) is 3. The lowest BCUT2D eigenvalue weighted by molar-refractivity contribution is -0.186. The predicted molar refractivity (Wildman–Crippen MR) is 72.4 cm³/mol. The maximum Gasteiger partial charge on any atom is 0.306 e. The number of carbonyl (C=O) groups is 1. The first-order valence-corrected chi connectivity index (χ1v) is 6.79. The van der Waals surface area contributed by atoms with E-state index in [1.807, 2.05) is 42.4 Å². The summed E-state index contributed by atoms with van der Waals surface area (Å²) < 4.78 is 0. The van der Waals surface area contributed by atoms with Crippen LogP contribution in [0.25, 0.3) is 0 Å². The lowest BCUT2D eigenvalue weighted by Crippen LogP contribution is -2.36. The molecule has 2 rings (SSSR count). The van der Waals surface area contributed by atoms with Gasteiger partial charge in [0.25, 0.3) is 0 Å². The van der Waals surface area contributed by atoms with Gasteiger partial charge in [-0.25, -0.2) is 0 Å². The average Bonchev–Trinajstić information content (AvgIpc) is 2.46. The van der Waals surface area contributed by atoms with Crippen LogP contribution in [0, 0.1) is 5.92 Å². The molecular weight excluding hydrogens is 242 g/mol. The second-order valence-electron chi connectivity index (χ2n) is 5.15. The minimum Gasteiger partial charge on any atom is -0.481 e. The number of aliphatic carboxylic acids is 1. The number of nitrogens with zero attached hydrogens (tertiary/aromatic N) is 1. The molecule has 0 atom stereocenters. The van der Waals surface area contributed by atoms with Gasteiger partial charge in [-0.15, -0.1) is 0 Å². The molecule has 0 aliphatic heterocycles.